The minimum absolute atomic E-state index is 0.687. The lowest BCUT2D eigenvalue weighted by Crippen LogP contribution is -2.36. The number of nitrogens with two attached hydrogens (primary N) is 2. The summed E-state index contributed by atoms with van der Waals surface area (Å²) in [6.45, 7) is 0. The highest BCUT2D eigenvalue weighted by Crippen LogP contribution is 1.96. The van der Waals surface area contributed by atoms with Gasteiger partial charge in [-0.1, -0.05) is 0 Å². The van der Waals surface area contributed by atoms with Crippen LogP contribution in [-0.2, 0) is 28.8 Å². The summed E-state index contributed by atoms with van der Waals surface area (Å²) in [5, 5.41) is 8.29. The van der Waals surface area contributed by atoms with Gasteiger partial charge in [0.1, 0.15) is 12.5 Å². The van der Waals surface area contributed by atoms with E-state index in [4.69, 9.17) is 10.8 Å². The molecule has 0 saturated heterocycles. The molecule has 16 heavy (non-hydrogen) atoms. The van der Waals surface area contributed by atoms with Crippen LogP contribution in [0.2, 0.25) is 0 Å². The molecule has 0 fully saturated rings. The van der Waals surface area contributed by atoms with Gasteiger partial charge in [-0.2, -0.15) is 5.90 Å². The van der Waals surface area contributed by atoms with Crippen LogP contribution in [0, 0.1) is 0 Å². The average Bonchev–Trinajstić information content (AvgIpc) is 2.16. The summed E-state index contributed by atoms with van der Waals surface area (Å²) in [4.78, 5) is 46.0. The van der Waals surface area contributed by atoms with Gasteiger partial charge in [0.2, 0.25) is 0 Å². The predicted molar refractivity (Wildman–Crippen MR) is 46.2 cm³/mol. The molecule has 0 aromatic carbocycles. The first-order valence-electron chi connectivity index (χ1n) is 3.98. The normalized spacial score (nSPS) is 11.4. The number of carboxylic acid groups (broad SMARTS) is 1. The Morgan fingerprint density at radius 3 is 2.19 bits per heavy atom. The number of esters is 2. The van der Waals surface area contributed by atoms with Crippen LogP contribution in [0.25, 0.3) is 0 Å². The molecule has 0 aromatic rings. The number of hydrogen-bond acceptors (Lipinski definition) is 8. The molecular formula is C7H10N2O7. The molecule has 0 rings (SSSR count). The summed E-state index contributed by atoms with van der Waals surface area (Å²) in [5.74, 6) is -0.442. The summed E-state index contributed by atoms with van der Waals surface area (Å²) in [7, 11) is 0. The Morgan fingerprint density at radius 2 is 1.75 bits per heavy atom. The lowest BCUT2D eigenvalue weighted by Gasteiger charge is -2.06. The van der Waals surface area contributed by atoms with E-state index >= 15 is 0 Å². The van der Waals surface area contributed by atoms with Crippen molar-refractivity contribution in [3.05, 3.63) is 0 Å². The Labute approximate surface area is 89.2 Å². The molecule has 0 amide bonds. The maximum absolute atomic E-state index is 10.9. The van der Waals surface area contributed by atoms with E-state index in [1.54, 1.807) is 0 Å². The van der Waals surface area contributed by atoms with Crippen molar-refractivity contribution in [2.24, 2.45) is 11.6 Å². The minimum Gasteiger partial charge on any atom is -0.481 e. The predicted octanol–water partition coefficient (Wildman–Crippen LogP) is -2.33. The lowest BCUT2D eigenvalue weighted by molar-refractivity contribution is -0.165. The highest BCUT2D eigenvalue weighted by atomic mass is 16.7. The lowest BCUT2D eigenvalue weighted by atomic mass is 10.2. The van der Waals surface area contributed by atoms with Crippen LogP contribution in [0.1, 0.15) is 12.8 Å². The highest BCUT2D eigenvalue weighted by molar-refractivity contribution is 5.97. The van der Waals surface area contributed by atoms with E-state index in [1.807, 2.05) is 0 Å². The van der Waals surface area contributed by atoms with E-state index < -0.39 is 42.8 Å². The molecule has 0 aliphatic rings. The third kappa shape index (κ3) is 5.67. The van der Waals surface area contributed by atoms with Crippen LogP contribution in [-0.4, -0.2) is 35.0 Å². The molecule has 0 heterocycles. The van der Waals surface area contributed by atoms with Gasteiger partial charge in [0.25, 0.3) is 0 Å². The Balaban J connectivity index is 4.09. The van der Waals surface area contributed by atoms with E-state index in [0.717, 1.165) is 0 Å². The number of carbonyl (C=O) groups excluding carboxylic acids is 3. The zero-order valence-electron chi connectivity index (χ0n) is 8.04. The van der Waals surface area contributed by atoms with Crippen molar-refractivity contribution in [3.63, 3.8) is 0 Å². The topological polar surface area (TPSA) is 159 Å². The summed E-state index contributed by atoms with van der Waals surface area (Å²) in [6.07, 6.45) is -1.55. The second kappa shape index (κ2) is 6.48. The largest absolute Gasteiger partial charge is 0.481 e. The summed E-state index contributed by atoms with van der Waals surface area (Å²) in [6, 6.07) is -1.48. The molecule has 0 aliphatic carbocycles. The molecule has 0 saturated carbocycles. The number of aliphatic carboxylic acids is 1. The minimum atomic E-state index is -1.48. The van der Waals surface area contributed by atoms with Crippen molar-refractivity contribution in [3.8, 4) is 0 Å². The van der Waals surface area contributed by atoms with Gasteiger partial charge in [-0.25, -0.2) is 9.59 Å². The molecular weight excluding hydrogens is 224 g/mol. The molecule has 0 radical (unpaired) electrons. The second-order valence-electron chi connectivity index (χ2n) is 2.66. The standard InChI is InChI=1S/C7H10N2O7/c8-3(1-4(10)11)7(14)15-5(12)2-6(13)16-9/h3H,1-2,8-9H2,(H,10,11). The quantitative estimate of drug-likeness (QED) is 0.269. The third-order valence-electron chi connectivity index (χ3n) is 1.33. The highest BCUT2D eigenvalue weighted by Gasteiger charge is 2.22. The number of rotatable bonds is 5. The first-order valence-corrected chi connectivity index (χ1v) is 3.98. The zero-order chi connectivity index (χ0) is 12.7. The molecule has 0 spiro atoms. The van der Waals surface area contributed by atoms with Gasteiger partial charge in [-0.05, 0) is 0 Å². The van der Waals surface area contributed by atoms with Crippen LogP contribution in [0.15, 0.2) is 0 Å². The maximum Gasteiger partial charge on any atom is 0.335 e. The van der Waals surface area contributed by atoms with Crippen LogP contribution < -0.4 is 11.6 Å². The van der Waals surface area contributed by atoms with E-state index in [-0.39, 0.29) is 0 Å². The monoisotopic (exact) mass is 234 g/mol. The molecule has 1 atom stereocenters. The van der Waals surface area contributed by atoms with Gasteiger partial charge in [-0.15, -0.1) is 0 Å². The van der Waals surface area contributed by atoms with Gasteiger partial charge in [0.05, 0.1) is 6.42 Å². The molecule has 5 N–H and O–H groups in total. The van der Waals surface area contributed by atoms with E-state index in [9.17, 15) is 19.2 Å². The fourth-order valence-corrected chi connectivity index (χ4v) is 0.655. The van der Waals surface area contributed by atoms with Gasteiger partial charge in [0.15, 0.2) is 0 Å². The third-order valence-corrected chi connectivity index (χ3v) is 1.33. The summed E-state index contributed by atoms with van der Waals surface area (Å²) >= 11 is 0. The average molecular weight is 234 g/mol. The fraction of sp³-hybridized carbons (Fsp3) is 0.429. The van der Waals surface area contributed by atoms with Crippen molar-refractivity contribution >= 4 is 23.9 Å². The maximum atomic E-state index is 10.9. The summed E-state index contributed by atoms with van der Waals surface area (Å²) < 4.78 is 4.06. The Bertz CT molecular complexity index is 314. The Morgan fingerprint density at radius 1 is 1.19 bits per heavy atom. The Hall–Kier alpha value is -2.00. The van der Waals surface area contributed by atoms with Gasteiger partial charge < -0.3 is 20.4 Å². The first-order chi connectivity index (χ1) is 7.36. The molecule has 0 aliphatic heterocycles. The van der Waals surface area contributed by atoms with E-state index in [2.05, 4.69) is 15.5 Å². The van der Waals surface area contributed by atoms with E-state index in [0.29, 0.717) is 0 Å². The van der Waals surface area contributed by atoms with Gasteiger partial charge >= 0.3 is 23.9 Å². The Kier molecular flexibility index (Phi) is 5.67. The van der Waals surface area contributed by atoms with Crippen molar-refractivity contribution in [1.82, 2.24) is 0 Å². The van der Waals surface area contributed by atoms with Crippen LogP contribution >= 0.6 is 0 Å². The number of hydrogen-bond donors (Lipinski definition) is 3. The number of carboxylic acids is 1. The van der Waals surface area contributed by atoms with Crippen molar-refractivity contribution in [2.75, 3.05) is 0 Å². The first kappa shape index (κ1) is 14.0. The number of carbonyl (C=O) groups is 4. The molecule has 9 heteroatoms. The molecule has 0 aromatic heterocycles. The van der Waals surface area contributed by atoms with Crippen molar-refractivity contribution in [2.45, 2.75) is 18.9 Å². The number of ether oxygens (including phenoxy) is 1. The van der Waals surface area contributed by atoms with Crippen LogP contribution in [0.5, 0.6) is 0 Å². The molecule has 90 valence electrons. The second-order valence-corrected chi connectivity index (χ2v) is 2.66. The zero-order valence-corrected chi connectivity index (χ0v) is 8.04. The molecule has 9 nitrogen and oxygen atoms in total. The van der Waals surface area contributed by atoms with Crippen LogP contribution in [0.3, 0.4) is 0 Å². The van der Waals surface area contributed by atoms with Crippen molar-refractivity contribution < 1.29 is 33.9 Å². The fourth-order valence-electron chi connectivity index (χ4n) is 0.655. The van der Waals surface area contributed by atoms with Gasteiger partial charge in [0, 0.05) is 0 Å². The molecule has 1 unspecified atom stereocenters. The van der Waals surface area contributed by atoms with E-state index in [1.165, 1.54) is 0 Å². The SMILES string of the molecule is NOC(=O)CC(=O)OC(=O)C(N)CC(=O)O. The van der Waals surface area contributed by atoms with Gasteiger partial charge in [-0.3, -0.25) is 9.59 Å². The molecule has 0 bridgehead atoms. The summed E-state index contributed by atoms with van der Waals surface area (Å²) in [5.41, 5.74) is 5.08. The van der Waals surface area contributed by atoms with Crippen LogP contribution in [0.4, 0.5) is 0 Å². The van der Waals surface area contributed by atoms with Crippen molar-refractivity contribution in [1.29, 1.82) is 0 Å². The smallest absolute Gasteiger partial charge is 0.335 e.